The predicted molar refractivity (Wildman–Crippen MR) is 125 cm³/mol. The largest absolute Gasteiger partial charge is 0.480 e. The fraction of sp³-hybridized carbons (Fsp3) is 0.0833. The Morgan fingerprint density at radius 1 is 0.939 bits per heavy atom. The molecule has 0 saturated heterocycles. The molecule has 0 saturated carbocycles. The minimum Gasteiger partial charge on any atom is -0.480 e. The zero-order valence-electron chi connectivity index (χ0n) is 17.9. The van der Waals surface area contributed by atoms with Crippen molar-refractivity contribution < 1.29 is 9.15 Å². The van der Waals surface area contributed by atoms with E-state index in [-0.39, 0.29) is 0 Å². The zero-order valence-corrected chi connectivity index (χ0v) is 17.9. The number of aromatic amines is 2. The van der Waals surface area contributed by atoms with Gasteiger partial charge in [-0.2, -0.15) is 15.1 Å². The fourth-order valence-electron chi connectivity index (χ4n) is 3.92. The SMILES string of the molecule is COc1nc(Nc2ccc(-c3cn[nH]c3)cc2)nc2[nH]cc(-c3ccc4nc(C)oc4c3)c12. The normalized spacial score (nSPS) is 11.3. The molecule has 0 fully saturated rings. The molecule has 9 nitrogen and oxygen atoms in total. The summed E-state index contributed by atoms with van der Waals surface area (Å²) in [5.41, 5.74) is 7.07. The third-order valence-electron chi connectivity index (χ3n) is 5.47. The van der Waals surface area contributed by atoms with Gasteiger partial charge >= 0.3 is 0 Å². The van der Waals surface area contributed by atoms with E-state index in [0.717, 1.165) is 44.4 Å². The number of aromatic nitrogens is 6. The van der Waals surface area contributed by atoms with Crippen LogP contribution in [-0.4, -0.2) is 37.2 Å². The Morgan fingerprint density at radius 3 is 2.58 bits per heavy atom. The lowest BCUT2D eigenvalue weighted by molar-refractivity contribution is 0.403. The first-order valence-electron chi connectivity index (χ1n) is 10.3. The van der Waals surface area contributed by atoms with Crippen molar-refractivity contribution in [2.45, 2.75) is 6.92 Å². The Hall–Kier alpha value is -4.66. The van der Waals surface area contributed by atoms with E-state index in [1.54, 1.807) is 13.3 Å². The molecule has 0 bridgehead atoms. The molecule has 0 amide bonds. The first-order chi connectivity index (χ1) is 16.2. The third kappa shape index (κ3) is 3.35. The Labute approximate surface area is 187 Å². The molecule has 0 radical (unpaired) electrons. The fourth-order valence-corrected chi connectivity index (χ4v) is 3.92. The summed E-state index contributed by atoms with van der Waals surface area (Å²) < 4.78 is 11.3. The highest BCUT2D eigenvalue weighted by atomic mass is 16.5. The van der Waals surface area contributed by atoms with Crippen molar-refractivity contribution in [1.82, 2.24) is 30.1 Å². The average Bonchev–Trinajstić information content (AvgIpc) is 3.57. The summed E-state index contributed by atoms with van der Waals surface area (Å²) in [5, 5.41) is 10.9. The van der Waals surface area contributed by atoms with Gasteiger partial charge in [0, 0.05) is 36.1 Å². The van der Waals surface area contributed by atoms with Gasteiger partial charge in [0.15, 0.2) is 11.5 Å². The number of nitrogens with one attached hydrogen (secondary N) is 3. The zero-order chi connectivity index (χ0) is 22.4. The summed E-state index contributed by atoms with van der Waals surface area (Å²) in [6, 6.07) is 13.9. The Bertz CT molecular complexity index is 1580. The molecule has 0 unspecified atom stereocenters. The molecule has 33 heavy (non-hydrogen) atoms. The second-order valence-corrected chi connectivity index (χ2v) is 7.59. The van der Waals surface area contributed by atoms with Crippen LogP contribution in [0.1, 0.15) is 5.89 Å². The predicted octanol–water partition coefficient (Wildman–Crippen LogP) is 5.22. The smallest absolute Gasteiger partial charge is 0.232 e. The van der Waals surface area contributed by atoms with Gasteiger partial charge in [-0.3, -0.25) is 5.10 Å². The van der Waals surface area contributed by atoms with Crippen molar-refractivity contribution >= 4 is 33.8 Å². The summed E-state index contributed by atoms with van der Waals surface area (Å²) in [5.74, 6) is 1.54. The number of benzene rings is 2. The molecule has 3 N–H and O–H groups in total. The molecule has 0 spiro atoms. The van der Waals surface area contributed by atoms with Gasteiger partial charge in [-0.05, 0) is 35.4 Å². The molecule has 0 aliphatic rings. The molecular formula is C24H19N7O2. The molecule has 4 heterocycles. The van der Waals surface area contributed by atoms with Gasteiger partial charge in [-0.15, -0.1) is 0 Å². The summed E-state index contributed by atoms with van der Waals surface area (Å²) in [6.45, 7) is 1.84. The van der Waals surface area contributed by atoms with Crippen LogP contribution < -0.4 is 10.1 Å². The van der Waals surface area contributed by atoms with Crippen molar-refractivity contribution in [3.8, 4) is 28.1 Å². The number of aryl methyl sites for hydroxylation is 1. The van der Waals surface area contributed by atoms with Gasteiger partial charge in [0.1, 0.15) is 11.2 Å². The molecule has 4 aromatic heterocycles. The number of rotatable bonds is 5. The maximum absolute atomic E-state index is 5.69. The molecule has 0 aliphatic heterocycles. The summed E-state index contributed by atoms with van der Waals surface area (Å²) in [7, 11) is 1.60. The van der Waals surface area contributed by atoms with E-state index < -0.39 is 0 Å². The lowest BCUT2D eigenvalue weighted by atomic mass is 10.1. The lowest BCUT2D eigenvalue weighted by Crippen LogP contribution is -2.00. The van der Waals surface area contributed by atoms with E-state index in [2.05, 4.69) is 35.5 Å². The van der Waals surface area contributed by atoms with Crippen LogP contribution in [0.2, 0.25) is 0 Å². The molecule has 6 rings (SSSR count). The Morgan fingerprint density at radius 2 is 1.79 bits per heavy atom. The quantitative estimate of drug-likeness (QED) is 0.338. The number of methoxy groups -OCH3 is 1. The van der Waals surface area contributed by atoms with E-state index in [1.807, 2.05) is 61.8 Å². The number of fused-ring (bicyclic) bond motifs is 2. The third-order valence-corrected chi connectivity index (χ3v) is 5.47. The highest BCUT2D eigenvalue weighted by molar-refractivity contribution is 5.99. The van der Waals surface area contributed by atoms with Gasteiger partial charge in [-0.25, -0.2) is 4.98 Å². The molecular weight excluding hydrogens is 418 g/mol. The summed E-state index contributed by atoms with van der Waals surface area (Å²) >= 11 is 0. The van der Waals surface area contributed by atoms with E-state index >= 15 is 0 Å². The van der Waals surface area contributed by atoms with Gasteiger partial charge in [0.05, 0.1) is 18.7 Å². The van der Waals surface area contributed by atoms with Crippen LogP contribution in [-0.2, 0) is 0 Å². The van der Waals surface area contributed by atoms with Crippen LogP contribution in [0.3, 0.4) is 0 Å². The minimum atomic E-state index is 0.435. The van der Waals surface area contributed by atoms with E-state index in [1.165, 1.54) is 0 Å². The van der Waals surface area contributed by atoms with Crippen molar-refractivity contribution in [2.75, 3.05) is 12.4 Å². The number of H-pyrrole nitrogens is 2. The van der Waals surface area contributed by atoms with Crippen LogP contribution in [0.4, 0.5) is 11.6 Å². The van der Waals surface area contributed by atoms with Crippen molar-refractivity contribution in [1.29, 1.82) is 0 Å². The van der Waals surface area contributed by atoms with Crippen LogP contribution in [0.25, 0.3) is 44.4 Å². The number of ether oxygens (including phenoxy) is 1. The topological polar surface area (TPSA) is 118 Å². The maximum atomic E-state index is 5.69. The van der Waals surface area contributed by atoms with Crippen LogP contribution in [0, 0.1) is 6.92 Å². The maximum Gasteiger partial charge on any atom is 0.232 e. The molecule has 0 atom stereocenters. The highest BCUT2D eigenvalue weighted by Gasteiger charge is 2.17. The number of oxazole rings is 1. The highest BCUT2D eigenvalue weighted by Crippen LogP contribution is 2.36. The summed E-state index contributed by atoms with van der Waals surface area (Å²) in [6.07, 6.45) is 5.54. The summed E-state index contributed by atoms with van der Waals surface area (Å²) in [4.78, 5) is 16.9. The van der Waals surface area contributed by atoms with Gasteiger partial charge in [0.25, 0.3) is 0 Å². The Kier molecular flexibility index (Phi) is 4.32. The standard InChI is InChI=1S/C24H19N7O2/c1-13-28-19-8-5-15(9-20(19)33-13)18-12-25-22-21(18)23(32-2)31-24(30-22)29-17-6-3-14(4-7-17)16-10-26-27-11-16/h3-12H,1-2H3,(H,26,27)(H2,25,29,30,31). The molecule has 9 heteroatoms. The van der Waals surface area contributed by atoms with E-state index in [0.29, 0.717) is 23.4 Å². The second kappa shape index (κ2) is 7.49. The van der Waals surface area contributed by atoms with Crippen molar-refractivity contribution in [3.63, 3.8) is 0 Å². The van der Waals surface area contributed by atoms with Crippen LogP contribution in [0.5, 0.6) is 5.88 Å². The van der Waals surface area contributed by atoms with Gasteiger partial charge < -0.3 is 19.5 Å². The Balaban J connectivity index is 1.35. The van der Waals surface area contributed by atoms with Crippen LogP contribution in [0.15, 0.2) is 65.5 Å². The minimum absolute atomic E-state index is 0.435. The number of anilines is 2. The molecule has 2 aromatic carbocycles. The number of hydrogen-bond acceptors (Lipinski definition) is 7. The number of nitrogens with zero attached hydrogens (tertiary/aromatic N) is 4. The average molecular weight is 437 g/mol. The second-order valence-electron chi connectivity index (χ2n) is 7.59. The monoisotopic (exact) mass is 437 g/mol. The first kappa shape index (κ1) is 19.1. The van der Waals surface area contributed by atoms with Gasteiger partial charge in [-0.1, -0.05) is 18.2 Å². The molecule has 6 aromatic rings. The first-order valence-corrected chi connectivity index (χ1v) is 10.3. The van der Waals surface area contributed by atoms with Crippen molar-refractivity contribution in [3.05, 3.63) is 66.9 Å². The van der Waals surface area contributed by atoms with Crippen molar-refractivity contribution in [2.24, 2.45) is 0 Å². The van der Waals surface area contributed by atoms with Gasteiger partial charge in [0.2, 0.25) is 11.8 Å². The number of hydrogen-bond donors (Lipinski definition) is 3. The van der Waals surface area contributed by atoms with E-state index in [9.17, 15) is 0 Å². The molecule has 162 valence electrons. The lowest BCUT2D eigenvalue weighted by Gasteiger charge is -2.09. The van der Waals surface area contributed by atoms with E-state index in [4.69, 9.17) is 9.15 Å². The molecule has 0 aliphatic carbocycles. The van der Waals surface area contributed by atoms with Crippen LogP contribution >= 0.6 is 0 Å².